The van der Waals surface area contributed by atoms with Gasteiger partial charge in [-0.15, -0.1) is 0 Å². The van der Waals surface area contributed by atoms with Gasteiger partial charge in [0.15, 0.2) is 0 Å². The van der Waals surface area contributed by atoms with Crippen LogP contribution in [0.1, 0.15) is 30.9 Å². The zero-order valence-corrected chi connectivity index (χ0v) is 16.1. The summed E-state index contributed by atoms with van der Waals surface area (Å²) in [5.41, 5.74) is 7.15. The molecule has 0 spiro atoms. The van der Waals surface area contributed by atoms with Crippen LogP contribution in [0.3, 0.4) is 0 Å². The number of nitrogens with one attached hydrogen (secondary N) is 1. The maximum absolute atomic E-state index is 9.35. The smallest absolute Gasteiger partial charge is 0.118 e. The lowest BCUT2D eigenvalue weighted by molar-refractivity contribution is 0.195. The van der Waals surface area contributed by atoms with E-state index in [0.717, 1.165) is 28.0 Å². The molecule has 0 radical (unpaired) electrons. The van der Waals surface area contributed by atoms with Crippen LogP contribution < -0.4 is 10.2 Å². The molecule has 0 heterocycles. The van der Waals surface area contributed by atoms with E-state index in [1.165, 1.54) is 0 Å². The number of allylic oxidation sites excluding steroid dienone is 1. The van der Waals surface area contributed by atoms with Gasteiger partial charge >= 0.3 is 0 Å². The lowest BCUT2D eigenvalue weighted by Crippen LogP contribution is -2.15. The Labute approximate surface area is 161 Å². The number of methoxy groups -OCH3 is 1. The van der Waals surface area contributed by atoms with Crippen molar-refractivity contribution >= 4 is 0 Å². The number of benzene rings is 3. The molecular weight excluding hydrogens is 334 g/mol. The summed E-state index contributed by atoms with van der Waals surface area (Å²) in [7, 11) is 1.66. The van der Waals surface area contributed by atoms with E-state index >= 15 is 0 Å². The van der Waals surface area contributed by atoms with E-state index in [9.17, 15) is 5.21 Å². The Kier molecular flexibility index (Phi) is 7.65. The van der Waals surface area contributed by atoms with Crippen LogP contribution >= 0.6 is 0 Å². The lowest BCUT2D eigenvalue weighted by Gasteiger charge is -2.20. The molecule has 27 heavy (non-hydrogen) atoms. The highest BCUT2D eigenvalue weighted by molar-refractivity contribution is 5.65. The van der Waals surface area contributed by atoms with Crippen LogP contribution in [0.15, 0.2) is 91.1 Å². The molecule has 0 aliphatic rings. The van der Waals surface area contributed by atoms with Gasteiger partial charge in [-0.1, -0.05) is 87.2 Å². The predicted octanol–water partition coefficient (Wildman–Crippen LogP) is 6.01. The van der Waals surface area contributed by atoms with Gasteiger partial charge < -0.3 is 4.74 Å². The molecule has 0 aliphatic carbocycles. The zero-order valence-electron chi connectivity index (χ0n) is 16.1. The average molecular weight is 361 g/mol. The average Bonchev–Trinajstić information content (AvgIpc) is 2.76. The fraction of sp³-hybridized carbons (Fsp3) is 0.167. The van der Waals surface area contributed by atoms with Crippen molar-refractivity contribution in [1.29, 1.82) is 0 Å². The molecule has 3 nitrogen and oxygen atoms in total. The van der Waals surface area contributed by atoms with Crippen LogP contribution in [0.4, 0.5) is 0 Å². The van der Waals surface area contributed by atoms with E-state index in [-0.39, 0.29) is 5.92 Å². The Balaban J connectivity index is 0.00000126. The Morgan fingerprint density at radius 2 is 1.30 bits per heavy atom. The zero-order chi connectivity index (χ0) is 19.6. The molecule has 0 amide bonds. The molecule has 140 valence electrons. The van der Waals surface area contributed by atoms with Gasteiger partial charge in [-0.3, -0.25) is 10.7 Å². The van der Waals surface area contributed by atoms with E-state index in [0.29, 0.717) is 5.70 Å². The maximum atomic E-state index is 9.35. The molecule has 0 bridgehead atoms. The minimum atomic E-state index is -0.115. The largest absolute Gasteiger partial charge is 0.497 e. The monoisotopic (exact) mass is 361 g/mol. The van der Waals surface area contributed by atoms with Gasteiger partial charge in [0.2, 0.25) is 0 Å². The van der Waals surface area contributed by atoms with E-state index in [2.05, 4.69) is 36.3 Å². The molecular formula is C24H27NO2. The van der Waals surface area contributed by atoms with Crippen LogP contribution in [-0.4, -0.2) is 12.3 Å². The SMILES string of the molecule is C=C(NO)C(c1ccccc1)c1ccc(-c2ccc(OC)cc2)cc1.CC. The Hall–Kier alpha value is -3.04. The van der Waals surface area contributed by atoms with Gasteiger partial charge in [-0.2, -0.15) is 0 Å². The molecule has 0 saturated carbocycles. The molecule has 3 aromatic carbocycles. The number of hydrogen-bond acceptors (Lipinski definition) is 3. The predicted molar refractivity (Wildman–Crippen MR) is 112 cm³/mol. The van der Waals surface area contributed by atoms with Gasteiger partial charge in [-0.05, 0) is 34.4 Å². The fourth-order valence-electron chi connectivity index (χ4n) is 2.96. The van der Waals surface area contributed by atoms with Gasteiger partial charge in [0, 0.05) is 5.70 Å². The van der Waals surface area contributed by atoms with Crippen molar-refractivity contribution in [2.75, 3.05) is 7.11 Å². The third-order valence-electron chi connectivity index (χ3n) is 4.29. The van der Waals surface area contributed by atoms with Crippen molar-refractivity contribution in [1.82, 2.24) is 5.48 Å². The van der Waals surface area contributed by atoms with Crippen molar-refractivity contribution in [2.45, 2.75) is 19.8 Å². The molecule has 0 aliphatic heterocycles. The summed E-state index contributed by atoms with van der Waals surface area (Å²) >= 11 is 0. The number of hydrogen-bond donors (Lipinski definition) is 2. The maximum Gasteiger partial charge on any atom is 0.118 e. The molecule has 3 rings (SSSR count). The highest BCUT2D eigenvalue weighted by Gasteiger charge is 2.17. The van der Waals surface area contributed by atoms with Gasteiger partial charge in [0.1, 0.15) is 5.75 Å². The molecule has 3 aromatic rings. The Morgan fingerprint density at radius 3 is 1.78 bits per heavy atom. The minimum absolute atomic E-state index is 0.115. The highest BCUT2D eigenvalue weighted by atomic mass is 16.5. The van der Waals surface area contributed by atoms with Gasteiger partial charge in [-0.25, -0.2) is 0 Å². The Morgan fingerprint density at radius 1 is 0.815 bits per heavy atom. The second-order valence-electron chi connectivity index (χ2n) is 5.83. The second-order valence-corrected chi connectivity index (χ2v) is 5.83. The summed E-state index contributed by atoms with van der Waals surface area (Å²) in [4.78, 5) is 0. The van der Waals surface area contributed by atoms with Crippen LogP contribution in [0.25, 0.3) is 11.1 Å². The van der Waals surface area contributed by atoms with E-state index in [1.807, 2.05) is 68.4 Å². The van der Waals surface area contributed by atoms with Crippen molar-refractivity contribution < 1.29 is 9.94 Å². The third kappa shape index (κ3) is 4.99. The summed E-state index contributed by atoms with van der Waals surface area (Å²) in [6, 6.07) is 26.3. The van der Waals surface area contributed by atoms with E-state index in [4.69, 9.17) is 4.74 Å². The first kappa shape index (κ1) is 20.3. The highest BCUT2D eigenvalue weighted by Crippen LogP contribution is 2.31. The molecule has 0 aromatic heterocycles. The van der Waals surface area contributed by atoms with Crippen molar-refractivity contribution in [3.63, 3.8) is 0 Å². The first-order valence-electron chi connectivity index (χ1n) is 9.11. The standard InChI is InChI=1S/C22H21NO2.C2H6/c1-16(23-24)22(19-6-4-3-5-7-19)20-10-8-17(9-11-20)18-12-14-21(25-2)15-13-18;1-2/h3-15,22-24H,1H2,2H3;1-2H3. The first-order chi connectivity index (χ1) is 13.2. The summed E-state index contributed by atoms with van der Waals surface area (Å²) < 4.78 is 5.20. The van der Waals surface area contributed by atoms with Crippen LogP contribution in [0.2, 0.25) is 0 Å². The minimum Gasteiger partial charge on any atom is -0.497 e. The second kappa shape index (κ2) is 10.2. The molecule has 1 atom stereocenters. The molecule has 2 N–H and O–H groups in total. The van der Waals surface area contributed by atoms with E-state index < -0.39 is 0 Å². The third-order valence-corrected chi connectivity index (χ3v) is 4.29. The van der Waals surface area contributed by atoms with Crippen LogP contribution in [-0.2, 0) is 0 Å². The van der Waals surface area contributed by atoms with Crippen molar-refractivity contribution in [3.05, 3.63) is 102 Å². The van der Waals surface area contributed by atoms with Gasteiger partial charge in [0.05, 0.1) is 13.0 Å². The molecule has 0 fully saturated rings. The molecule has 3 heteroatoms. The number of rotatable bonds is 6. The van der Waals surface area contributed by atoms with Crippen LogP contribution in [0, 0.1) is 0 Å². The number of ether oxygens (including phenoxy) is 1. The summed E-state index contributed by atoms with van der Waals surface area (Å²) in [6.07, 6.45) is 0. The summed E-state index contributed by atoms with van der Waals surface area (Å²) in [5, 5.41) is 9.35. The summed E-state index contributed by atoms with van der Waals surface area (Å²) in [6.45, 7) is 7.95. The molecule has 1 unspecified atom stereocenters. The Bertz CT molecular complexity index is 825. The van der Waals surface area contributed by atoms with Crippen molar-refractivity contribution in [2.24, 2.45) is 0 Å². The first-order valence-corrected chi connectivity index (χ1v) is 9.11. The normalized spacial score (nSPS) is 11.0. The molecule has 0 saturated heterocycles. The quantitative estimate of drug-likeness (QED) is 0.528. The van der Waals surface area contributed by atoms with Crippen LogP contribution in [0.5, 0.6) is 5.75 Å². The van der Waals surface area contributed by atoms with Gasteiger partial charge in [0.25, 0.3) is 0 Å². The lowest BCUT2D eigenvalue weighted by atomic mass is 9.88. The number of hydroxylamine groups is 1. The fourth-order valence-corrected chi connectivity index (χ4v) is 2.96. The van der Waals surface area contributed by atoms with Crippen molar-refractivity contribution in [3.8, 4) is 16.9 Å². The van der Waals surface area contributed by atoms with E-state index in [1.54, 1.807) is 7.11 Å². The topological polar surface area (TPSA) is 41.5 Å². The summed E-state index contributed by atoms with van der Waals surface area (Å²) in [5.74, 6) is 0.728.